The van der Waals surface area contributed by atoms with E-state index in [0.29, 0.717) is 16.4 Å². The molecule has 1 aliphatic heterocycles. The Morgan fingerprint density at radius 2 is 1.82 bits per heavy atom. The maximum Gasteiger partial charge on any atom is 0.334 e. The van der Waals surface area contributed by atoms with E-state index in [9.17, 15) is 4.79 Å². The van der Waals surface area contributed by atoms with Gasteiger partial charge in [-0.3, -0.25) is 0 Å². The molecule has 0 amide bonds. The zero-order chi connectivity index (χ0) is 23.3. The zero-order valence-corrected chi connectivity index (χ0v) is 21.7. The van der Waals surface area contributed by atoms with E-state index in [1.165, 1.54) is 83.5 Å². The number of hydrogen-bond acceptors (Lipinski definition) is 2. The summed E-state index contributed by atoms with van der Waals surface area (Å²) in [7, 11) is 0. The van der Waals surface area contributed by atoms with Crippen molar-refractivity contribution in [2.45, 2.75) is 129 Å². The molecule has 1 saturated heterocycles. The molecular weight excluding hydrogens is 404 g/mol. The van der Waals surface area contributed by atoms with Gasteiger partial charge in [0.05, 0.1) is 0 Å². The summed E-state index contributed by atoms with van der Waals surface area (Å²) in [6.07, 6.45) is 23.7. The first-order valence-electron chi connectivity index (χ1n) is 14.4. The molecule has 3 saturated carbocycles. The van der Waals surface area contributed by atoms with Gasteiger partial charge in [-0.15, -0.1) is 0 Å². The molecule has 33 heavy (non-hydrogen) atoms. The molecule has 0 bridgehead atoms. The largest absolute Gasteiger partial charge is 0.455 e. The van der Waals surface area contributed by atoms with Crippen LogP contribution in [-0.2, 0) is 9.53 Å². The van der Waals surface area contributed by atoms with Crippen molar-refractivity contribution in [3.8, 4) is 0 Å². The predicted octanol–water partition coefficient (Wildman–Crippen LogP) is 8.56. The third kappa shape index (κ3) is 4.16. The minimum absolute atomic E-state index is 0.149. The average molecular weight is 453 g/mol. The Kier molecular flexibility index (Phi) is 6.36. The van der Waals surface area contributed by atoms with Gasteiger partial charge in [0.25, 0.3) is 0 Å². The molecular formula is C31H48O2. The minimum atomic E-state index is -0.273. The number of unbranched alkanes of at least 4 members (excludes halogenated alkanes) is 5. The Balaban J connectivity index is 1.24. The maximum atomic E-state index is 12.1. The fourth-order valence-corrected chi connectivity index (χ4v) is 9.35. The van der Waals surface area contributed by atoms with Gasteiger partial charge >= 0.3 is 5.97 Å². The standard InChI is InChI=1S/C31H48O2/c1-5-6-7-8-9-10-11-23-18-27-25-13-12-24-21-31(19-22(2)28(32)33-31)17-16-30(24,4)26(25)14-15-29(27,3)20-23/h12,23,25-27H,2,5-11,13-21H2,1,3-4H3/t23-,25+,26-,27-,29+,30-,31-/m0/s1. The van der Waals surface area contributed by atoms with E-state index in [0.717, 1.165) is 42.9 Å². The summed E-state index contributed by atoms with van der Waals surface area (Å²) in [5, 5.41) is 0. The molecule has 0 aromatic carbocycles. The van der Waals surface area contributed by atoms with Crippen LogP contribution in [0.15, 0.2) is 23.8 Å². The first kappa shape index (κ1) is 23.7. The topological polar surface area (TPSA) is 26.3 Å². The van der Waals surface area contributed by atoms with Crippen LogP contribution in [0.1, 0.15) is 124 Å². The second kappa shape index (κ2) is 8.87. The van der Waals surface area contributed by atoms with Crippen molar-refractivity contribution in [3.05, 3.63) is 23.8 Å². The van der Waals surface area contributed by atoms with Crippen LogP contribution in [0.5, 0.6) is 0 Å². The Bertz CT molecular complexity index is 792. The number of fused-ring (bicyclic) bond motifs is 5. The molecule has 184 valence electrons. The van der Waals surface area contributed by atoms with Crippen molar-refractivity contribution in [2.75, 3.05) is 0 Å². The lowest BCUT2D eigenvalue weighted by molar-refractivity contribution is -0.150. The Hall–Kier alpha value is -1.05. The monoisotopic (exact) mass is 452 g/mol. The highest BCUT2D eigenvalue weighted by atomic mass is 16.6. The number of ether oxygens (including phenoxy) is 1. The molecule has 1 heterocycles. The van der Waals surface area contributed by atoms with Crippen LogP contribution < -0.4 is 0 Å². The molecule has 5 rings (SSSR count). The summed E-state index contributed by atoms with van der Waals surface area (Å²) in [5.74, 6) is 3.46. The summed E-state index contributed by atoms with van der Waals surface area (Å²) in [5.41, 5.74) is 2.94. The zero-order valence-electron chi connectivity index (χ0n) is 21.7. The normalized spacial score (nSPS) is 44.3. The summed E-state index contributed by atoms with van der Waals surface area (Å²) in [6.45, 7) is 11.5. The Morgan fingerprint density at radius 1 is 1.03 bits per heavy atom. The van der Waals surface area contributed by atoms with Gasteiger partial charge in [0.15, 0.2) is 0 Å². The quantitative estimate of drug-likeness (QED) is 0.167. The maximum absolute atomic E-state index is 12.1. The first-order valence-corrected chi connectivity index (χ1v) is 14.4. The van der Waals surface area contributed by atoms with Crippen LogP contribution in [-0.4, -0.2) is 11.6 Å². The molecule has 0 aromatic heterocycles. The van der Waals surface area contributed by atoms with Crippen LogP contribution in [0.3, 0.4) is 0 Å². The van der Waals surface area contributed by atoms with Gasteiger partial charge in [0.2, 0.25) is 0 Å². The third-order valence-electron chi connectivity index (χ3n) is 11.2. The van der Waals surface area contributed by atoms with Gasteiger partial charge in [0, 0.05) is 18.4 Å². The van der Waals surface area contributed by atoms with Gasteiger partial charge in [-0.05, 0) is 79.4 Å². The molecule has 2 heteroatoms. The highest BCUT2D eigenvalue weighted by Crippen LogP contribution is 2.67. The lowest BCUT2D eigenvalue weighted by atomic mass is 9.47. The van der Waals surface area contributed by atoms with Crippen LogP contribution in [0, 0.1) is 34.5 Å². The molecule has 1 spiro atoms. The van der Waals surface area contributed by atoms with E-state index >= 15 is 0 Å². The highest BCUT2D eigenvalue weighted by Gasteiger charge is 2.59. The summed E-state index contributed by atoms with van der Waals surface area (Å²) >= 11 is 0. The Labute approximate surface area is 203 Å². The summed E-state index contributed by atoms with van der Waals surface area (Å²) in [6, 6.07) is 0. The first-order chi connectivity index (χ1) is 15.8. The third-order valence-corrected chi connectivity index (χ3v) is 11.2. The molecule has 4 fully saturated rings. The van der Waals surface area contributed by atoms with Gasteiger partial charge in [0.1, 0.15) is 5.60 Å². The number of esters is 1. The summed E-state index contributed by atoms with van der Waals surface area (Å²) in [4.78, 5) is 12.1. The molecule has 7 atom stereocenters. The minimum Gasteiger partial charge on any atom is -0.455 e. The molecule has 0 radical (unpaired) electrons. The second-order valence-electron chi connectivity index (χ2n) is 13.3. The van der Waals surface area contributed by atoms with Crippen molar-refractivity contribution < 1.29 is 9.53 Å². The van der Waals surface area contributed by atoms with Crippen LogP contribution in [0.25, 0.3) is 0 Å². The number of hydrogen-bond donors (Lipinski definition) is 0. The fourth-order valence-electron chi connectivity index (χ4n) is 9.35. The van der Waals surface area contributed by atoms with E-state index in [1.54, 1.807) is 5.57 Å². The predicted molar refractivity (Wildman–Crippen MR) is 136 cm³/mol. The van der Waals surface area contributed by atoms with Crippen molar-refractivity contribution >= 4 is 5.97 Å². The van der Waals surface area contributed by atoms with Gasteiger partial charge < -0.3 is 4.74 Å². The van der Waals surface area contributed by atoms with Crippen molar-refractivity contribution in [2.24, 2.45) is 34.5 Å². The smallest absolute Gasteiger partial charge is 0.334 e. The van der Waals surface area contributed by atoms with Crippen molar-refractivity contribution in [1.29, 1.82) is 0 Å². The van der Waals surface area contributed by atoms with Gasteiger partial charge in [-0.2, -0.15) is 0 Å². The van der Waals surface area contributed by atoms with Gasteiger partial charge in [-0.1, -0.05) is 83.9 Å². The molecule has 4 aliphatic carbocycles. The molecule has 0 unspecified atom stereocenters. The second-order valence-corrected chi connectivity index (χ2v) is 13.3. The van der Waals surface area contributed by atoms with E-state index in [2.05, 4.69) is 33.4 Å². The Morgan fingerprint density at radius 3 is 2.58 bits per heavy atom. The molecule has 5 aliphatic rings. The highest BCUT2D eigenvalue weighted by molar-refractivity contribution is 5.90. The summed E-state index contributed by atoms with van der Waals surface area (Å²) < 4.78 is 5.92. The SMILES string of the molecule is C=C1C[C@]2(CC[C@@]3(C)C(=CC[C@H]4[C@@H]5C[C@H](CCCCCCCC)C[C@@]5(C)CC[C@@H]43)C2)OC1=O. The van der Waals surface area contributed by atoms with Crippen LogP contribution in [0.4, 0.5) is 0 Å². The van der Waals surface area contributed by atoms with E-state index in [-0.39, 0.29) is 11.6 Å². The van der Waals surface area contributed by atoms with E-state index < -0.39 is 0 Å². The van der Waals surface area contributed by atoms with Crippen LogP contribution in [0.2, 0.25) is 0 Å². The van der Waals surface area contributed by atoms with Crippen molar-refractivity contribution in [1.82, 2.24) is 0 Å². The van der Waals surface area contributed by atoms with E-state index in [1.807, 2.05) is 0 Å². The van der Waals surface area contributed by atoms with E-state index in [4.69, 9.17) is 4.74 Å². The van der Waals surface area contributed by atoms with Gasteiger partial charge in [-0.25, -0.2) is 4.79 Å². The fraction of sp³-hybridized carbons (Fsp3) is 0.839. The number of rotatable bonds is 7. The van der Waals surface area contributed by atoms with Crippen molar-refractivity contribution in [3.63, 3.8) is 0 Å². The molecule has 0 N–H and O–H groups in total. The average Bonchev–Trinajstić information content (AvgIpc) is 3.26. The molecule has 0 aromatic rings. The lowest BCUT2D eigenvalue weighted by Crippen LogP contribution is -2.51. The number of carbonyl (C=O) groups is 1. The van der Waals surface area contributed by atoms with Crippen LogP contribution >= 0.6 is 0 Å². The number of carbonyl (C=O) groups excluding carboxylic acids is 1. The molecule has 2 nitrogen and oxygen atoms in total. The lowest BCUT2D eigenvalue weighted by Gasteiger charge is -2.58. The number of allylic oxidation sites excluding steroid dienone is 1.